The van der Waals surface area contributed by atoms with Gasteiger partial charge in [-0.2, -0.15) is 0 Å². The summed E-state index contributed by atoms with van der Waals surface area (Å²) in [5.74, 6) is -0.0418. The number of aryl methyl sites for hydroxylation is 1. The third-order valence-corrected chi connectivity index (χ3v) is 3.52. The number of carbonyl (C=O) groups is 1. The molecule has 1 aliphatic rings. The Morgan fingerprint density at radius 2 is 2.30 bits per heavy atom. The zero-order valence-electron chi connectivity index (χ0n) is 11.4. The van der Waals surface area contributed by atoms with Gasteiger partial charge in [-0.3, -0.25) is 4.79 Å². The zero-order valence-corrected chi connectivity index (χ0v) is 11.4. The predicted octanol–water partition coefficient (Wildman–Crippen LogP) is 3.25. The first-order chi connectivity index (χ1) is 9.72. The van der Waals surface area contributed by atoms with Gasteiger partial charge in [-0.05, 0) is 54.2 Å². The summed E-state index contributed by atoms with van der Waals surface area (Å²) in [6, 6.07) is 6.15. The summed E-state index contributed by atoms with van der Waals surface area (Å²) in [6.45, 7) is 1.53. The monoisotopic (exact) mass is 267 g/mol. The third-order valence-electron chi connectivity index (χ3n) is 3.52. The van der Waals surface area contributed by atoms with Gasteiger partial charge >= 0.3 is 0 Å². The van der Waals surface area contributed by atoms with Crippen molar-refractivity contribution in [2.24, 2.45) is 0 Å². The van der Waals surface area contributed by atoms with Gasteiger partial charge in [-0.1, -0.05) is 6.07 Å². The molecule has 2 N–H and O–H groups in total. The number of nitrogens with zero attached hydrogens (tertiary/aromatic N) is 1. The van der Waals surface area contributed by atoms with E-state index in [0.29, 0.717) is 0 Å². The summed E-state index contributed by atoms with van der Waals surface area (Å²) >= 11 is 0. The molecule has 3 rings (SSSR count). The maximum absolute atomic E-state index is 11.2. The Bertz CT molecular complexity index is 656. The van der Waals surface area contributed by atoms with Gasteiger partial charge in [0, 0.05) is 12.6 Å². The van der Waals surface area contributed by atoms with Crippen LogP contribution in [0.25, 0.3) is 11.6 Å². The minimum absolute atomic E-state index is 0.0418. The molecule has 4 nitrogen and oxygen atoms in total. The highest BCUT2D eigenvalue weighted by Gasteiger charge is 2.15. The number of aromatic nitrogens is 2. The summed E-state index contributed by atoms with van der Waals surface area (Å²) in [7, 11) is 0. The number of imidazole rings is 1. The van der Waals surface area contributed by atoms with Gasteiger partial charge in [0.05, 0.1) is 18.2 Å². The fourth-order valence-corrected chi connectivity index (χ4v) is 2.66. The highest BCUT2D eigenvalue weighted by Crippen LogP contribution is 2.33. The Hall–Kier alpha value is -2.36. The largest absolute Gasteiger partial charge is 0.345 e. The first-order valence-electron chi connectivity index (χ1n) is 6.82. The number of rotatable bonds is 2. The molecule has 0 unspecified atom stereocenters. The molecule has 0 aliphatic heterocycles. The molecule has 0 bridgehead atoms. The molecule has 0 atom stereocenters. The van der Waals surface area contributed by atoms with Crippen molar-refractivity contribution < 1.29 is 4.79 Å². The summed E-state index contributed by atoms with van der Waals surface area (Å²) < 4.78 is 0. The van der Waals surface area contributed by atoms with Gasteiger partial charge in [0.15, 0.2) is 0 Å². The van der Waals surface area contributed by atoms with Gasteiger partial charge in [-0.15, -0.1) is 0 Å². The van der Waals surface area contributed by atoms with Crippen molar-refractivity contribution in [3.05, 3.63) is 47.5 Å². The van der Waals surface area contributed by atoms with E-state index in [1.807, 2.05) is 12.3 Å². The van der Waals surface area contributed by atoms with Crippen LogP contribution in [0, 0.1) is 0 Å². The number of benzene rings is 1. The van der Waals surface area contributed by atoms with Crippen molar-refractivity contribution in [1.82, 2.24) is 9.97 Å². The molecule has 20 heavy (non-hydrogen) atoms. The number of fused-ring (bicyclic) bond motifs is 1. The van der Waals surface area contributed by atoms with Crippen molar-refractivity contribution in [3.8, 4) is 0 Å². The van der Waals surface area contributed by atoms with Crippen LogP contribution in [0.3, 0.4) is 0 Å². The summed E-state index contributed by atoms with van der Waals surface area (Å²) in [6.07, 6.45) is 8.95. The second-order valence-electron chi connectivity index (χ2n) is 5.08. The molecule has 1 amide bonds. The number of anilines is 1. The molecular formula is C16H17N3O. The van der Waals surface area contributed by atoms with E-state index in [-0.39, 0.29) is 5.91 Å². The van der Waals surface area contributed by atoms with Gasteiger partial charge in [0.2, 0.25) is 5.91 Å². The predicted molar refractivity (Wildman–Crippen MR) is 80.1 cm³/mol. The average molecular weight is 267 g/mol. The number of H-pyrrole nitrogens is 1. The van der Waals surface area contributed by atoms with Crippen molar-refractivity contribution in [3.63, 3.8) is 0 Å². The minimum atomic E-state index is -0.0418. The molecule has 1 heterocycles. The van der Waals surface area contributed by atoms with Crippen molar-refractivity contribution >= 4 is 23.2 Å². The van der Waals surface area contributed by atoms with E-state index in [2.05, 4.69) is 33.5 Å². The molecule has 0 saturated carbocycles. The standard InChI is InChI=1S/C16H17N3O/c1-11(20)19-14-6-5-12-3-2-4-13(16(12)8-14)7-15-9-17-10-18-15/h5-10H,2-4H2,1H3,(H,17,18)(H,19,20). The van der Waals surface area contributed by atoms with Crippen LogP contribution in [0.2, 0.25) is 0 Å². The molecule has 1 aromatic heterocycles. The van der Waals surface area contributed by atoms with Crippen molar-refractivity contribution in [2.45, 2.75) is 26.2 Å². The minimum Gasteiger partial charge on any atom is -0.345 e. The topological polar surface area (TPSA) is 57.8 Å². The molecule has 1 aliphatic carbocycles. The quantitative estimate of drug-likeness (QED) is 0.877. The molecule has 0 spiro atoms. The molecule has 2 aromatic rings. The first kappa shape index (κ1) is 12.7. The lowest BCUT2D eigenvalue weighted by molar-refractivity contribution is -0.114. The molecule has 0 saturated heterocycles. The van der Waals surface area contributed by atoms with Crippen LogP contribution < -0.4 is 5.32 Å². The molecule has 4 heteroatoms. The SMILES string of the molecule is CC(=O)Nc1ccc2c(c1)C(=Cc1cnc[nH]1)CCC2. The van der Waals surface area contributed by atoms with Crippen molar-refractivity contribution in [1.29, 1.82) is 0 Å². The summed E-state index contributed by atoms with van der Waals surface area (Å²) in [5.41, 5.74) is 5.74. The number of aromatic amines is 1. The fourth-order valence-electron chi connectivity index (χ4n) is 2.66. The number of hydrogen-bond acceptors (Lipinski definition) is 2. The van der Waals surface area contributed by atoms with Gasteiger partial charge in [-0.25, -0.2) is 4.98 Å². The first-order valence-corrected chi connectivity index (χ1v) is 6.82. The number of allylic oxidation sites excluding steroid dienone is 1. The van der Waals surface area contributed by atoms with Crippen LogP contribution >= 0.6 is 0 Å². The van der Waals surface area contributed by atoms with E-state index in [4.69, 9.17) is 0 Å². The summed E-state index contributed by atoms with van der Waals surface area (Å²) in [5, 5.41) is 2.85. The smallest absolute Gasteiger partial charge is 0.221 e. The van der Waals surface area contributed by atoms with Crippen LogP contribution in [0.1, 0.15) is 36.6 Å². The lowest BCUT2D eigenvalue weighted by Gasteiger charge is -2.20. The molecular weight excluding hydrogens is 250 g/mol. The Labute approximate surface area is 117 Å². The average Bonchev–Trinajstić information content (AvgIpc) is 2.92. The second-order valence-corrected chi connectivity index (χ2v) is 5.08. The number of hydrogen-bond donors (Lipinski definition) is 2. The second kappa shape index (κ2) is 5.33. The van der Waals surface area contributed by atoms with E-state index in [0.717, 1.165) is 30.6 Å². The third kappa shape index (κ3) is 2.64. The Morgan fingerprint density at radius 1 is 1.40 bits per heavy atom. The molecule has 1 aromatic carbocycles. The Balaban J connectivity index is 2.00. The van der Waals surface area contributed by atoms with Crippen LogP contribution in [-0.2, 0) is 11.2 Å². The molecule has 0 fully saturated rings. The highest BCUT2D eigenvalue weighted by atomic mass is 16.1. The number of amides is 1. The lowest BCUT2D eigenvalue weighted by atomic mass is 9.86. The van der Waals surface area contributed by atoms with E-state index >= 15 is 0 Å². The molecule has 102 valence electrons. The Morgan fingerprint density at radius 3 is 3.05 bits per heavy atom. The fraction of sp³-hybridized carbons (Fsp3) is 0.250. The van der Waals surface area contributed by atoms with E-state index in [1.165, 1.54) is 23.6 Å². The zero-order chi connectivity index (χ0) is 13.9. The van der Waals surface area contributed by atoms with Gasteiger partial charge < -0.3 is 10.3 Å². The van der Waals surface area contributed by atoms with Crippen LogP contribution in [0.4, 0.5) is 5.69 Å². The van der Waals surface area contributed by atoms with Crippen LogP contribution in [0.5, 0.6) is 0 Å². The van der Waals surface area contributed by atoms with E-state index in [9.17, 15) is 4.79 Å². The van der Waals surface area contributed by atoms with Crippen LogP contribution in [0.15, 0.2) is 30.7 Å². The van der Waals surface area contributed by atoms with Gasteiger partial charge in [0.1, 0.15) is 0 Å². The van der Waals surface area contributed by atoms with Crippen molar-refractivity contribution in [2.75, 3.05) is 5.32 Å². The highest BCUT2D eigenvalue weighted by molar-refractivity contribution is 5.90. The number of nitrogens with one attached hydrogen (secondary N) is 2. The van der Waals surface area contributed by atoms with E-state index in [1.54, 1.807) is 6.33 Å². The Kier molecular flexibility index (Phi) is 3.37. The van der Waals surface area contributed by atoms with E-state index < -0.39 is 0 Å². The molecule has 0 radical (unpaired) electrons. The summed E-state index contributed by atoms with van der Waals surface area (Å²) in [4.78, 5) is 18.3. The number of carbonyl (C=O) groups excluding carboxylic acids is 1. The maximum atomic E-state index is 11.2. The normalized spacial score (nSPS) is 15.9. The van der Waals surface area contributed by atoms with Crippen LogP contribution in [-0.4, -0.2) is 15.9 Å². The lowest BCUT2D eigenvalue weighted by Crippen LogP contribution is -2.08. The maximum Gasteiger partial charge on any atom is 0.221 e. The van der Waals surface area contributed by atoms with Gasteiger partial charge in [0.25, 0.3) is 0 Å².